The van der Waals surface area contributed by atoms with E-state index in [0.29, 0.717) is 12.1 Å². The summed E-state index contributed by atoms with van der Waals surface area (Å²) in [6, 6.07) is 15.9. The van der Waals surface area contributed by atoms with Gasteiger partial charge in [-0.05, 0) is 25.0 Å². The summed E-state index contributed by atoms with van der Waals surface area (Å²) >= 11 is 0. The van der Waals surface area contributed by atoms with Crippen LogP contribution < -0.4 is 10.6 Å². The highest BCUT2D eigenvalue weighted by molar-refractivity contribution is 6.01. The van der Waals surface area contributed by atoms with Crippen LogP contribution in [0.2, 0.25) is 0 Å². The summed E-state index contributed by atoms with van der Waals surface area (Å²) in [7, 11) is 0. The molecule has 0 fully saturated rings. The lowest BCUT2D eigenvalue weighted by Crippen LogP contribution is -2.40. The number of nitrogen functional groups attached to an aromatic ring is 1. The Labute approximate surface area is 131 Å². The first-order chi connectivity index (χ1) is 10.7. The van der Waals surface area contributed by atoms with Crippen molar-refractivity contribution in [3.05, 3.63) is 65.7 Å². The summed E-state index contributed by atoms with van der Waals surface area (Å²) in [5.74, 6) is 0.111. The SMILES string of the molecule is CC1C=Cc2cccc(N)c2N1C(=O)CCc1ccccc1. The Hall–Kier alpha value is -2.55. The number of benzene rings is 2. The number of carbonyl (C=O) groups excluding carboxylic acids is 1. The lowest BCUT2D eigenvalue weighted by atomic mass is 10.0. The molecule has 1 atom stereocenters. The fraction of sp³-hybridized carbons (Fsp3) is 0.211. The number of amides is 1. The van der Waals surface area contributed by atoms with Crippen LogP contribution in [0.5, 0.6) is 0 Å². The van der Waals surface area contributed by atoms with Crippen molar-refractivity contribution in [1.29, 1.82) is 0 Å². The van der Waals surface area contributed by atoms with Crippen LogP contribution in [0.1, 0.15) is 24.5 Å². The maximum absolute atomic E-state index is 12.7. The van der Waals surface area contributed by atoms with Crippen molar-refractivity contribution in [2.24, 2.45) is 0 Å². The zero-order valence-corrected chi connectivity index (χ0v) is 12.7. The third kappa shape index (κ3) is 2.75. The zero-order chi connectivity index (χ0) is 15.5. The molecule has 1 unspecified atom stereocenters. The van der Waals surface area contributed by atoms with Crippen LogP contribution in [0.4, 0.5) is 11.4 Å². The van der Waals surface area contributed by atoms with E-state index in [9.17, 15) is 4.79 Å². The van der Waals surface area contributed by atoms with E-state index in [1.807, 2.05) is 60.4 Å². The van der Waals surface area contributed by atoms with Crippen molar-refractivity contribution in [3.63, 3.8) is 0 Å². The normalized spacial score (nSPS) is 16.4. The van der Waals surface area contributed by atoms with Crippen molar-refractivity contribution in [2.45, 2.75) is 25.8 Å². The molecule has 2 N–H and O–H groups in total. The number of nitrogens with zero attached hydrogens (tertiary/aromatic N) is 1. The molecule has 2 aromatic carbocycles. The molecule has 1 amide bonds. The monoisotopic (exact) mass is 292 g/mol. The molecule has 2 aromatic rings. The van der Waals surface area contributed by atoms with E-state index in [1.54, 1.807) is 0 Å². The van der Waals surface area contributed by atoms with Gasteiger partial charge in [-0.15, -0.1) is 0 Å². The third-order valence-electron chi connectivity index (χ3n) is 4.04. The van der Waals surface area contributed by atoms with E-state index < -0.39 is 0 Å². The molecule has 0 spiro atoms. The van der Waals surface area contributed by atoms with Crippen molar-refractivity contribution in [3.8, 4) is 0 Å². The van der Waals surface area contributed by atoms with Crippen LogP contribution in [0, 0.1) is 0 Å². The smallest absolute Gasteiger partial charge is 0.227 e. The topological polar surface area (TPSA) is 46.3 Å². The van der Waals surface area contributed by atoms with E-state index in [0.717, 1.165) is 17.7 Å². The van der Waals surface area contributed by atoms with Gasteiger partial charge in [-0.25, -0.2) is 0 Å². The first-order valence-electron chi connectivity index (χ1n) is 7.59. The average Bonchev–Trinajstić information content (AvgIpc) is 2.54. The summed E-state index contributed by atoms with van der Waals surface area (Å²) < 4.78 is 0. The summed E-state index contributed by atoms with van der Waals surface area (Å²) in [4.78, 5) is 14.6. The van der Waals surface area contributed by atoms with Crippen molar-refractivity contribution in [2.75, 3.05) is 10.6 Å². The Bertz CT molecular complexity index is 707. The molecule has 22 heavy (non-hydrogen) atoms. The number of hydrogen-bond acceptors (Lipinski definition) is 2. The lowest BCUT2D eigenvalue weighted by molar-refractivity contribution is -0.118. The number of aryl methyl sites for hydroxylation is 1. The van der Waals surface area contributed by atoms with Gasteiger partial charge in [-0.3, -0.25) is 4.79 Å². The van der Waals surface area contributed by atoms with Crippen molar-refractivity contribution in [1.82, 2.24) is 0 Å². The minimum absolute atomic E-state index is 0.0282. The molecule has 0 bridgehead atoms. The Morgan fingerprint density at radius 1 is 1.14 bits per heavy atom. The van der Waals surface area contributed by atoms with E-state index in [4.69, 9.17) is 5.73 Å². The van der Waals surface area contributed by atoms with Crippen LogP contribution in [0.25, 0.3) is 6.08 Å². The number of hydrogen-bond donors (Lipinski definition) is 1. The van der Waals surface area contributed by atoms with Gasteiger partial charge in [0.25, 0.3) is 0 Å². The fourth-order valence-corrected chi connectivity index (χ4v) is 2.89. The van der Waals surface area contributed by atoms with Gasteiger partial charge >= 0.3 is 0 Å². The first-order valence-corrected chi connectivity index (χ1v) is 7.59. The minimum Gasteiger partial charge on any atom is -0.397 e. The number of rotatable bonds is 3. The van der Waals surface area contributed by atoms with Gasteiger partial charge < -0.3 is 10.6 Å². The van der Waals surface area contributed by atoms with Crippen LogP contribution in [0.15, 0.2) is 54.6 Å². The number of carbonyl (C=O) groups is 1. The van der Waals surface area contributed by atoms with Gasteiger partial charge in [0.05, 0.1) is 17.4 Å². The molecule has 0 saturated carbocycles. The second-order valence-electron chi connectivity index (χ2n) is 5.63. The highest BCUT2D eigenvalue weighted by Crippen LogP contribution is 2.34. The molecule has 0 radical (unpaired) electrons. The summed E-state index contributed by atoms with van der Waals surface area (Å²) in [6.45, 7) is 2.02. The highest BCUT2D eigenvalue weighted by Gasteiger charge is 2.26. The summed E-state index contributed by atoms with van der Waals surface area (Å²) in [6.07, 6.45) is 5.31. The lowest BCUT2D eigenvalue weighted by Gasteiger charge is -2.33. The molecule has 3 rings (SSSR count). The number of para-hydroxylation sites is 1. The van der Waals surface area contributed by atoms with Crippen LogP contribution in [-0.4, -0.2) is 11.9 Å². The molecule has 1 heterocycles. The maximum atomic E-state index is 12.7. The van der Waals surface area contributed by atoms with Crippen LogP contribution in [-0.2, 0) is 11.2 Å². The highest BCUT2D eigenvalue weighted by atomic mass is 16.2. The molecular weight excluding hydrogens is 272 g/mol. The van der Waals surface area contributed by atoms with E-state index in [1.165, 1.54) is 5.56 Å². The maximum Gasteiger partial charge on any atom is 0.227 e. The third-order valence-corrected chi connectivity index (χ3v) is 4.04. The predicted molar refractivity (Wildman–Crippen MR) is 91.6 cm³/mol. The molecule has 0 aromatic heterocycles. The second kappa shape index (κ2) is 6.06. The Morgan fingerprint density at radius 2 is 1.91 bits per heavy atom. The van der Waals surface area contributed by atoms with Gasteiger partial charge in [-0.2, -0.15) is 0 Å². The average molecular weight is 292 g/mol. The Balaban J connectivity index is 1.82. The van der Waals surface area contributed by atoms with Gasteiger partial charge in [0.1, 0.15) is 0 Å². The second-order valence-corrected chi connectivity index (χ2v) is 5.63. The zero-order valence-electron chi connectivity index (χ0n) is 12.7. The molecule has 3 nitrogen and oxygen atoms in total. The van der Waals surface area contributed by atoms with E-state index in [-0.39, 0.29) is 11.9 Å². The standard InChI is InChI=1S/C19H20N2O/c1-14-10-12-16-8-5-9-17(20)19(16)21(14)18(22)13-11-15-6-3-2-4-7-15/h2-10,12,14H,11,13,20H2,1H3. The number of fused-ring (bicyclic) bond motifs is 1. The number of anilines is 2. The van der Waals surface area contributed by atoms with E-state index in [2.05, 4.69) is 12.1 Å². The van der Waals surface area contributed by atoms with Gasteiger partial charge in [0, 0.05) is 12.0 Å². The molecular formula is C19H20N2O. The fourth-order valence-electron chi connectivity index (χ4n) is 2.89. The molecule has 1 aliphatic rings. The van der Waals surface area contributed by atoms with Crippen molar-refractivity contribution >= 4 is 23.4 Å². The summed E-state index contributed by atoms with van der Waals surface area (Å²) in [5.41, 5.74) is 9.79. The Morgan fingerprint density at radius 3 is 2.68 bits per heavy atom. The van der Waals surface area contributed by atoms with Gasteiger partial charge in [0.2, 0.25) is 5.91 Å². The van der Waals surface area contributed by atoms with Gasteiger partial charge in [0.15, 0.2) is 0 Å². The predicted octanol–water partition coefficient (Wildman–Crippen LogP) is 3.65. The summed E-state index contributed by atoms with van der Waals surface area (Å²) in [5, 5.41) is 0. The van der Waals surface area contributed by atoms with Crippen LogP contribution >= 0.6 is 0 Å². The first kappa shape index (κ1) is 14.4. The van der Waals surface area contributed by atoms with Gasteiger partial charge in [-0.1, -0.05) is 54.6 Å². The molecule has 0 aliphatic carbocycles. The molecule has 3 heteroatoms. The number of nitrogens with two attached hydrogens (primary N) is 1. The minimum atomic E-state index is 0.0282. The Kier molecular flexibility index (Phi) is 3.96. The van der Waals surface area contributed by atoms with Crippen LogP contribution in [0.3, 0.4) is 0 Å². The molecule has 112 valence electrons. The molecule has 1 aliphatic heterocycles. The quantitative estimate of drug-likeness (QED) is 0.878. The largest absolute Gasteiger partial charge is 0.397 e. The molecule has 0 saturated heterocycles. The van der Waals surface area contributed by atoms with Crippen molar-refractivity contribution < 1.29 is 4.79 Å². The van der Waals surface area contributed by atoms with E-state index >= 15 is 0 Å².